The average molecular weight is 316 g/mol. The molecule has 2 rings (SSSR count). The zero-order chi connectivity index (χ0) is 13.3. The molecule has 1 aromatic rings. The van der Waals surface area contributed by atoms with Crippen molar-refractivity contribution in [1.29, 1.82) is 0 Å². The maximum Gasteiger partial charge on any atom is 0.235 e. The largest absolute Gasteiger partial charge is 0.502 e. The van der Waals surface area contributed by atoms with Crippen molar-refractivity contribution in [2.24, 2.45) is 4.99 Å². The number of rotatable bonds is 3. The van der Waals surface area contributed by atoms with Crippen LogP contribution >= 0.6 is 15.9 Å². The highest BCUT2D eigenvalue weighted by atomic mass is 79.9. The van der Waals surface area contributed by atoms with Gasteiger partial charge < -0.3 is 9.84 Å². The van der Waals surface area contributed by atoms with E-state index < -0.39 is 17.1 Å². The standard InChI is InChI=1S/C12H11BrFNO3/c1-18-8-5-7(13)9(10(14)11(8)17)12(15-6-16)3-2-4-12/h5,17H,2-4H2,1H3. The lowest BCUT2D eigenvalue weighted by molar-refractivity contribution is 0.242. The minimum Gasteiger partial charge on any atom is -0.502 e. The van der Waals surface area contributed by atoms with Crippen LogP contribution in [-0.2, 0) is 10.3 Å². The number of hydrogen-bond donors (Lipinski definition) is 1. The molecule has 0 bridgehead atoms. The van der Waals surface area contributed by atoms with Gasteiger partial charge in [-0.3, -0.25) is 0 Å². The summed E-state index contributed by atoms with van der Waals surface area (Å²) in [7, 11) is 1.34. The summed E-state index contributed by atoms with van der Waals surface area (Å²) in [6.45, 7) is 0. The van der Waals surface area contributed by atoms with Crippen LogP contribution in [-0.4, -0.2) is 18.3 Å². The van der Waals surface area contributed by atoms with Crippen molar-refractivity contribution in [3.8, 4) is 11.5 Å². The fraction of sp³-hybridized carbons (Fsp3) is 0.417. The summed E-state index contributed by atoms with van der Waals surface area (Å²) in [5.74, 6) is -1.34. The van der Waals surface area contributed by atoms with E-state index in [-0.39, 0.29) is 11.3 Å². The molecule has 0 aromatic heterocycles. The van der Waals surface area contributed by atoms with Crippen molar-refractivity contribution >= 4 is 22.0 Å². The predicted octanol–water partition coefficient (Wildman–Crippen LogP) is 3.02. The number of phenols is 1. The summed E-state index contributed by atoms with van der Waals surface area (Å²) in [6, 6.07) is 1.47. The molecule has 0 spiro atoms. The molecule has 1 saturated carbocycles. The number of aromatic hydroxyl groups is 1. The van der Waals surface area contributed by atoms with Crippen molar-refractivity contribution in [2.75, 3.05) is 7.11 Å². The summed E-state index contributed by atoms with van der Waals surface area (Å²) >= 11 is 3.23. The normalized spacial score (nSPS) is 16.6. The number of ether oxygens (including phenoxy) is 1. The molecule has 1 N–H and O–H groups in total. The highest BCUT2D eigenvalue weighted by molar-refractivity contribution is 9.10. The van der Waals surface area contributed by atoms with Gasteiger partial charge in [0.2, 0.25) is 6.08 Å². The quantitative estimate of drug-likeness (QED) is 0.689. The van der Waals surface area contributed by atoms with Crippen LogP contribution in [0.2, 0.25) is 0 Å². The van der Waals surface area contributed by atoms with Crippen molar-refractivity contribution in [3.05, 3.63) is 21.9 Å². The van der Waals surface area contributed by atoms with Gasteiger partial charge in [-0.1, -0.05) is 15.9 Å². The number of hydrogen-bond acceptors (Lipinski definition) is 4. The molecular weight excluding hydrogens is 305 g/mol. The Labute approximate surface area is 112 Å². The molecule has 0 amide bonds. The third kappa shape index (κ3) is 1.82. The van der Waals surface area contributed by atoms with Gasteiger partial charge in [0.15, 0.2) is 17.3 Å². The van der Waals surface area contributed by atoms with Gasteiger partial charge >= 0.3 is 0 Å². The Balaban J connectivity index is 2.64. The summed E-state index contributed by atoms with van der Waals surface area (Å²) in [5, 5.41) is 9.69. The molecule has 0 atom stereocenters. The number of isocyanates is 1. The summed E-state index contributed by atoms with van der Waals surface area (Å²) in [4.78, 5) is 14.2. The van der Waals surface area contributed by atoms with Crippen molar-refractivity contribution in [1.82, 2.24) is 0 Å². The van der Waals surface area contributed by atoms with E-state index in [1.165, 1.54) is 19.3 Å². The lowest BCUT2D eigenvalue weighted by Crippen LogP contribution is -2.33. The molecule has 0 unspecified atom stereocenters. The second kappa shape index (κ2) is 4.71. The molecule has 1 fully saturated rings. The van der Waals surface area contributed by atoms with Crippen LogP contribution in [0.25, 0.3) is 0 Å². The van der Waals surface area contributed by atoms with E-state index in [1.54, 1.807) is 0 Å². The van der Waals surface area contributed by atoms with Crippen LogP contribution < -0.4 is 4.74 Å². The fourth-order valence-corrected chi connectivity index (χ4v) is 2.94. The third-order valence-electron chi connectivity index (χ3n) is 3.28. The smallest absolute Gasteiger partial charge is 0.235 e. The first-order valence-corrected chi connectivity index (χ1v) is 6.19. The van der Waals surface area contributed by atoms with Crippen LogP contribution in [0.5, 0.6) is 11.5 Å². The number of aliphatic imine (C=N–C) groups is 1. The Hall–Kier alpha value is -1.39. The van der Waals surface area contributed by atoms with Gasteiger partial charge in [0, 0.05) is 10.0 Å². The van der Waals surface area contributed by atoms with E-state index in [9.17, 15) is 14.3 Å². The highest BCUT2D eigenvalue weighted by Crippen LogP contribution is 2.51. The molecular formula is C12H11BrFNO3. The van der Waals surface area contributed by atoms with E-state index in [0.717, 1.165) is 6.42 Å². The van der Waals surface area contributed by atoms with E-state index >= 15 is 0 Å². The SMILES string of the molecule is COc1cc(Br)c(C2(N=C=O)CCC2)c(F)c1O. The van der Waals surface area contributed by atoms with Gasteiger partial charge in [-0.25, -0.2) is 9.18 Å². The molecule has 1 aromatic carbocycles. The maximum absolute atomic E-state index is 14.2. The van der Waals surface area contributed by atoms with Gasteiger partial charge in [-0.15, -0.1) is 0 Å². The highest BCUT2D eigenvalue weighted by Gasteiger charge is 2.43. The lowest BCUT2D eigenvalue weighted by atomic mass is 9.72. The van der Waals surface area contributed by atoms with Crippen LogP contribution in [0.3, 0.4) is 0 Å². The minimum absolute atomic E-state index is 0.0349. The topological polar surface area (TPSA) is 58.9 Å². The second-order valence-corrected chi connectivity index (χ2v) is 5.04. The number of methoxy groups -OCH3 is 1. The average Bonchev–Trinajstić information content (AvgIpc) is 2.30. The van der Waals surface area contributed by atoms with Crippen LogP contribution in [0.15, 0.2) is 15.5 Å². The van der Waals surface area contributed by atoms with E-state index in [2.05, 4.69) is 20.9 Å². The molecule has 0 aliphatic heterocycles. The Morgan fingerprint density at radius 1 is 1.61 bits per heavy atom. The van der Waals surface area contributed by atoms with Gasteiger partial charge in [0.05, 0.1) is 7.11 Å². The lowest BCUT2D eigenvalue weighted by Gasteiger charge is -2.38. The van der Waals surface area contributed by atoms with E-state index in [0.29, 0.717) is 17.3 Å². The molecule has 0 saturated heterocycles. The summed E-state index contributed by atoms with van der Waals surface area (Å²) < 4.78 is 19.5. The second-order valence-electron chi connectivity index (χ2n) is 4.19. The molecule has 0 radical (unpaired) electrons. The van der Waals surface area contributed by atoms with Crippen LogP contribution in [0, 0.1) is 5.82 Å². The first-order chi connectivity index (χ1) is 8.55. The Kier molecular flexibility index (Phi) is 3.41. The van der Waals surface area contributed by atoms with Crippen LogP contribution in [0.4, 0.5) is 4.39 Å². The molecule has 0 heterocycles. The monoisotopic (exact) mass is 315 g/mol. The fourth-order valence-electron chi connectivity index (χ4n) is 2.19. The molecule has 4 nitrogen and oxygen atoms in total. The minimum atomic E-state index is -0.908. The van der Waals surface area contributed by atoms with Gasteiger partial charge in [-0.2, -0.15) is 4.99 Å². The van der Waals surface area contributed by atoms with Crippen molar-refractivity contribution in [2.45, 2.75) is 24.8 Å². The van der Waals surface area contributed by atoms with E-state index in [4.69, 9.17) is 4.74 Å². The molecule has 1 aliphatic carbocycles. The number of nitrogens with zero attached hydrogens (tertiary/aromatic N) is 1. The zero-order valence-electron chi connectivity index (χ0n) is 9.67. The third-order valence-corrected chi connectivity index (χ3v) is 3.91. The Morgan fingerprint density at radius 3 is 2.72 bits per heavy atom. The van der Waals surface area contributed by atoms with Crippen molar-refractivity contribution < 1.29 is 19.0 Å². The maximum atomic E-state index is 14.2. The summed E-state index contributed by atoms with van der Waals surface area (Å²) in [6.07, 6.45) is 3.46. The van der Waals surface area contributed by atoms with E-state index in [1.807, 2.05) is 0 Å². The number of halogens is 2. The number of phenolic OH excluding ortho intramolecular Hbond substituents is 1. The number of benzene rings is 1. The van der Waals surface area contributed by atoms with Gasteiger partial charge in [-0.05, 0) is 25.3 Å². The zero-order valence-corrected chi connectivity index (χ0v) is 11.3. The Bertz CT molecular complexity index is 537. The molecule has 18 heavy (non-hydrogen) atoms. The van der Waals surface area contributed by atoms with Crippen molar-refractivity contribution in [3.63, 3.8) is 0 Å². The summed E-state index contributed by atoms with van der Waals surface area (Å²) in [5.41, 5.74) is -0.718. The molecule has 6 heteroatoms. The molecule has 1 aliphatic rings. The molecule has 96 valence electrons. The van der Waals surface area contributed by atoms with Crippen LogP contribution in [0.1, 0.15) is 24.8 Å². The number of carbonyl (C=O) groups excluding carboxylic acids is 1. The Morgan fingerprint density at radius 2 is 2.28 bits per heavy atom. The van der Waals surface area contributed by atoms with Gasteiger partial charge in [0.1, 0.15) is 5.54 Å². The first-order valence-electron chi connectivity index (χ1n) is 5.40. The predicted molar refractivity (Wildman–Crippen MR) is 66.0 cm³/mol. The first kappa shape index (κ1) is 13.1. The van der Waals surface area contributed by atoms with Gasteiger partial charge in [0.25, 0.3) is 0 Å².